The maximum atomic E-state index is 11.3. The number of benzene rings is 1. The van der Waals surface area contributed by atoms with Gasteiger partial charge < -0.3 is 15.2 Å². The number of hydrogen-bond acceptors (Lipinski definition) is 6. The van der Waals surface area contributed by atoms with E-state index in [9.17, 15) is 15.2 Å². The fourth-order valence-corrected chi connectivity index (χ4v) is 2.56. The minimum absolute atomic E-state index is 0.00908. The molecule has 6 nitrogen and oxygen atoms in total. The van der Waals surface area contributed by atoms with Gasteiger partial charge in [-0.1, -0.05) is 13.0 Å². The third-order valence-corrected chi connectivity index (χ3v) is 4.23. The summed E-state index contributed by atoms with van der Waals surface area (Å²) in [7, 11) is 0. The van der Waals surface area contributed by atoms with Crippen molar-refractivity contribution in [2.45, 2.75) is 31.6 Å². The van der Waals surface area contributed by atoms with E-state index in [2.05, 4.69) is 5.32 Å². The van der Waals surface area contributed by atoms with Gasteiger partial charge in [0.05, 0.1) is 18.1 Å². The van der Waals surface area contributed by atoms with Gasteiger partial charge in [0.1, 0.15) is 5.69 Å². The minimum Gasteiger partial charge on any atom is -0.487 e. The van der Waals surface area contributed by atoms with Crippen LogP contribution in [0.25, 0.3) is 0 Å². The normalized spacial score (nSPS) is 13.5. The second-order valence-electron chi connectivity index (χ2n) is 4.65. The van der Waals surface area contributed by atoms with Gasteiger partial charge in [0, 0.05) is 11.3 Å². The van der Waals surface area contributed by atoms with E-state index < -0.39 is 4.92 Å². The molecule has 118 valence electrons. The Balaban J connectivity index is 3.03. The van der Waals surface area contributed by atoms with Crippen LogP contribution in [-0.4, -0.2) is 40.8 Å². The van der Waals surface area contributed by atoms with Gasteiger partial charge >= 0.3 is 5.69 Å². The topological polar surface area (TPSA) is 84.6 Å². The molecule has 2 atom stereocenters. The van der Waals surface area contributed by atoms with Gasteiger partial charge in [0.15, 0.2) is 5.75 Å². The van der Waals surface area contributed by atoms with Crippen molar-refractivity contribution in [1.82, 2.24) is 0 Å². The van der Waals surface area contributed by atoms with Crippen LogP contribution >= 0.6 is 11.8 Å². The van der Waals surface area contributed by atoms with Crippen LogP contribution in [0.4, 0.5) is 11.4 Å². The molecule has 0 aliphatic rings. The van der Waals surface area contributed by atoms with Crippen molar-refractivity contribution in [3.8, 4) is 5.75 Å². The van der Waals surface area contributed by atoms with Crippen LogP contribution in [0.15, 0.2) is 18.2 Å². The van der Waals surface area contributed by atoms with Crippen LogP contribution in [-0.2, 0) is 0 Å². The summed E-state index contributed by atoms with van der Waals surface area (Å²) in [6.45, 7) is 4.28. The molecular weight excluding hydrogens is 292 g/mol. The molecule has 0 heterocycles. The molecule has 0 aliphatic heterocycles. The molecule has 0 aromatic heterocycles. The largest absolute Gasteiger partial charge is 0.487 e. The Labute approximate surface area is 129 Å². The standard InChI is InChI=1S/C14H22N2O4S/c1-4-8-20-12-7-5-6-11(14(12)16(18)19)15-10(2)13(9-17)21-3/h5-7,10,13,15,17H,4,8-9H2,1-3H3. The Morgan fingerprint density at radius 3 is 2.76 bits per heavy atom. The number of nitrogens with one attached hydrogen (secondary N) is 1. The number of thioether (sulfide) groups is 1. The summed E-state index contributed by atoms with van der Waals surface area (Å²) in [6.07, 6.45) is 2.68. The molecule has 0 fully saturated rings. The van der Waals surface area contributed by atoms with Gasteiger partial charge in [-0.05, 0) is 31.7 Å². The molecule has 0 aliphatic carbocycles. The molecule has 0 radical (unpaired) electrons. The summed E-state index contributed by atoms with van der Waals surface area (Å²) in [4.78, 5) is 10.9. The van der Waals surface area contributed by atoms with E-state index in [0.717, 1.165) is 6.42 Å². The van der Waals surface area contributed by atoms with E-state index in [4.69, 9.17) is 4.74 Å². The zero-order chi connectivity index (χ0) is 15.8. The van der Waals surface area contributed by atoms with Crippen molar-refractivity contribution in [2.24, 2.45) is 0 Å². The lowest BCUT2D eigenvalue weighted by Crippen LogP contribution is -2.31. The molecular formula is C14H22N2O4S. The lowest BCUT2D eigenvalue weighted by Gasteiger charge is -2.22. The van der Waals surface area contributed by atoms with E-state index in [-0.39, 0.29) is 29.3 Å². The highest BCUT2D eigenvalue weighted by atomic mass is 32.2. The average molecular weight is 314 g/mol. The first-order chi connectivity index (χ1) is 10.0. The van der Waals surface area contributed by atoms with Crippen LogP contribution < -0.4 is 10.1 Å². The predicted molar refractivity (Wildman–Crippen MR) is 86.4 cm³/mol. The highest BCUT2D eigenvalue weighted by molar-refractivity contribution is 7.99. The first kappa shape index (κ1) is 17.6. The van der Waals surface area contributed by atoms with E-state index in [0.29, 0.717) is 12.3 Å². The second kappa shape index (κ2) is 8.74. The van der Waals surface area contributed by atoms with Crippen LogP contribution in [0.3, 0.4) is 0 Å². The molecule has 1 rings (SSSR count). The van der Waals surface area contributed by atoms with Crippen molar-refractivity contribution in [3.05, 3.63) is 28.3 Å². The molecule has 0 saturated heterocycles. The zero-order valence-electron chi connectivity index (χ0n) is 12.5. The van der Waals surface area contributed by atoms with E-state index in [1.165, 1.54) is 11.8 Å². The zero-order valence-corrected chi connectivity index (χ0v) is 13.4. The van der Waals surface area contributed by atoms with Gasteiger partial charge in [0.2, 0.25) is 0 Å². The third kappa shape index (κ3) is 4.78. The van der Waals surface area contributed by atoms with Crippen molar-refractivity contribution < 1.29 is 14.8 Å². The van der Waals surface area contributed by atoms with Gasteiger partial charge in [-0.2, -0.15) is 11.8 Å². The summed E-state index contributed by atoms with van der Waals surface area (Å²) >= 11 is 1.52. The first-order valence-electron chi connectivity index (χ1n) is 6.85. The summed E-state index contributed by atoms with van der Waals surface area (Å²) in [5.41, 5.74) is 0.351. The Hall–Kier alpha value is -1.47. The van der Waals surface area contributed by atoms with Crippen molar-refractivity contribution in [2.75, 3.05) is 24.8 Å². The van der Waals surface area contributed by atoms with E-state index in [1.54, 1.807) is 18.2 Å². The number of hydrogen-bond donors (Lipinski definition) is 2. The summed E-state index contributed by atoms with van der Waals surface area (Å²) in [5, 5.41) is 23.7. The smallest absolute Gasteiger partial charge is 0.333 e. The number of para-hydroxylation sites is 1. The van der Waals surface area contributed by atoms with Gasteiger partial charge in [0.25, 0.3) is 0 Å². The van der Waals surface area contributed by atoms with Gasteiger partial charge in [-0.3, -0.25) is 10.1 Å². The van der Waals surface area contributed by atoms with Crippen molar-refractivity contribution in [1.29, 1.82) is 0 Å². The fourth-order valence-electron chi connectivity index (χ4n) is 1.93. The summed E-state index contributed by atoms with van der Waals surface area (Å²) in [6, 6.07) is 4.87. The highest BCUT2D eigenvalue weighted by Crippen LogP contribution is 2.35. The van der Waals surface area contributed by atoms with Crippen LogP contribution in [0, 0.1) is 10.1 Å². The Morgan fingerprint density at radius 2 is 2.24 bits per heavy atom. The van der Waals surface area contributed by atoms with Gasteiger partial charge in [-0.25, -0.2) is 0 Å². The fraction of sp³-hybridized carbons (Fsp3) is 0.571. The molecule has 0 bridgehead atoms. The Bertz CT molecular complexity index is 466. The van der Waals surface area contributed by atoms with Gasteiger partial charge in [-0.15, -0.1) is 0 Å². The lowest BCUT2D eigenvalue weighted by atomic mass is 10.2. The number of rotatable bonds is 9. The predicted octanol–water partition coefficient (Wildman–Crippen LogP) is 2.91. The highest BCUT2D eigenvalue weighted by Gasteiger charge is 2.24. The molecule has 2 N–H and O–H groups in total. The molecule has 1 aromatic rings. The molecule has 7 heteroatoms. The molecule has 2 unspecified atom stereocenters. The number of nitro groups is 1. The lowest BCUT2D eigenvalue weighted by molar-refractivity contribution is -0.385. The number of aliphatic hydroxyl groups is 1. The molecule has 0 saturated carbocycles. The Morgan fingerprint density at radius 1 is 1.52 bits per heavy atom. The number of aliphatic hydroxyl groups excluding tert-OH is 1. The second-order valence-corrected chi connectivity index (χ2v) is 5.72. The van der Waals surface area contributed by atoms with E-state index in [1.807, 2.05) is 20.1 Å². The molecule has 21 heavy (non-hydrogen) atoms. The average Bonchev–Trinajstić information content (AvgIpc) is 2.46. The van der Waals surface area contributed by atoms with Crippen LogP contribution in [0.5, 0.6) is 5.75 Å². The number of ether oxygens (including phenoxy) is 1. The number of nitrogens with zero attached hydrogens (tertiary/aromatic N) is 1. The first-order valence-corrected chi connectivity index (χ1v) is 8.14. The van der Waals surface area contributed by atoms with E-state index >= 15 is 0 Å². The van der Waals surface area contributed by atoms with Crippen molar-refractivity contribution >= 4 is 23.1 Å². The minimum atomic E-state index is -0.437. The number of nitro benzene ring substituents is 1. The maximum absolute atomic E-state index is 11.3. The molecule has 0 amide bonds. The molecule has 1 aromatic carbocycles. The summed E-state index contributed by atoms with van der Waals surface area (Å²) < 4.78 is 5.45. The number of anilines is 1. The Kier molecular flexibility index (Phi) is 7.31. The third-order valence-electron chi connectivity index (χ3n) is 3.07. The van der Waals surface area contributed by atoms with Crippen LogP contribution in [0.2, 0.25) is 0 Å². The SMILES string of the molecule is CCCOc1cccc(NC(C)C(CO)SC)c1[N+](=O)[O-]. The van der Waals surface area contributed by atoms with Crippen LogP contribution in [0.1, 0.15) is 20.3 Å². The van der Waals surface area contributed by atoms with Crippen molar-refractivity contribution in [3.63, 3.8) is 0 Å². The maximum Gasteiger partial charge on any atom is 0.333 e. The quantitative estimate of drug-likeness (QED) is 0.538. The molecule has 0 spiro atoms. The summed E-state index contributed by atoms with van der Waals surface area (Å²) in [5.74, 6) is 0.267. The monoisotopic (exact) mass is 314 g/mol.